The molecule has 3 aromatic heterocycles. The zero-order valence-electron chi connectivity index (χ0n) is 19.5. The first-order valence-corrected chi connectivity index (χ1v) is 13.0. The smallest absolute Gasteiger partial charge is 0.351 e. The molecule has 4 aromatic rings. The van der Waals surface area contributed by atoms with Crippen molar-refractivity contribution in [1.82, 2.24) is 30.0 Å². The van der Waals surface area contributed by atoms with Gasteiger partial charge in [0, 0.05) is 29.9 Å². The largest absolute Gasteiger partial charge is 0.416 e. The Balaban J connectivity index is 1.58. The van der Waals surface area contributed by atoms with Crippen LogP contribution in [0.4, 0.5) is 13.2 Å². The summed E-state index contributed by atoms with van der Waals surface area (Å²) in [6.45, 7) is 4.75. The third-order valence-corrected chi connectivity index (χ3v) is 7.07. The summed E-state index contributed by atoms with van der Waals surface area (Å²) >= 11 is 2.61. The molecule has 0 aliphatic rings. The van der Waals surface area contributed by atoms with Crippen molar-refractivity contribution in [2.75, 3.05) is 6.54 Å². The van der Waals surface area contributed by atoms with E-state index in [0.717, 1.165) is 18.6 Å². The monoisotopic (exact) mass is 532 g/mol. The van der Waals surface area contributed by atoms with Crippen molar-refractivity contribution in [3.8, 4) is 17.1 Å². The van der Waals surface area contributed by atoms with Gasteiger partial charge in [-0.25, -0.2) is 4.98 Å². The number of hydrogen-bond acceptors (Lipinski definition) is 7. The number of amides is 1. The van der Waals surface area contributed by atoms with Crippen LogP contribution in [-0.2, 0) is 11.9 Å². The lowest BCUT2D eigenvalue weighted by atomic mass is 10.1. The zero-order valence-corrected chi connectivity index (χ0v) is 21.1. The number of aromatic nitrogens is 5. The number of nitrogens with one attached hydrogen (secondary N) is 1. The van der Waals surface area contributed by atoms with Crippen LogP contribution in [0, 0.1) is 5.92 Å². The van der Waals surface area contributed by atoms with Gasteiger partial charge in [0.15, 0.2) is 11.0 Å². The van der Waals surface area contributed by atoms with Crippen LogP contribution < -0.4 is 5.32 Å². The molecule has 0 spiro atoms. The van der Waals surface area contributed by atoms with Crippen molar-refractivity contribution in [1.29, 1.82) is 0 Å². The average Bonchev–Trinajstić information content (AvgIpc) is 3.50. The molecule has 0 saturated carbocycles. The van der Waals surface area contributed by atoms with Crippen LogP contribution >= 0.6 is 23.1 Å². The van der Waals surface area contributed by atoms with E-state index in [1.807, 2.05) is 0 Å². The predicted octanol–water partition coefficient (Wildman–Crippen LogP) is 5.87. The molecule has 0 unspecified atom stereocenters. The van der Waals surface area contributed by atoms with Crippen LogP contribution in [0.5, 0.6) is 0 Å². The lowest BCUT2D eigenvalue weighted by Gasteiger charge is -2.13. The van der Waals surface area contributed by atoms with Gasteiger partial charge in [-0.2, -0.15) is 13.2 Å². The van der Waals surface area contributed by atoms with E-state index in [2.05, 4.69) is 39.3 Å². The van der Waals surface area contributed by atoms with Gasteiger partial charge in [0.05, 0.1) is 17.0 Å². The molecule has 1 aromatic carbocycles. The molecule has 36 heavy (non-hydrogen) atoms. The number of halogens is 3. The Morgan fingerprint density at radius 3 is 2.75 bits per heavy atom. The number of benzene rings is 1. The van der Waals surface area contributed by atoms with Crippen molar-refractivity contribution < 1.29 is 18.0 Å². The Labute approximate surface area is 214 Å². The number of hydrogen-bond donors (Lipinski definition) is 1. The van der Waals surface area contributed by atoms with E-state index in [4.69, 9.17) is 0 Å². The third-order valence-electron chi connectivity index (χ3n) is 5.10. The highest BCUT2D eigenvalue weighted by Gasteiger charge is 2.31. The molecule has 12 heteroatoms. The predicted molar refractivity (Wildman–Crippen MR) is 133 cm³/mol. The second-order valence-corrected chi connectivity index (χ2v) is 10.2. The minimum atomic E-state index is -4.49. The van der Waals surface area contributed by atoms with Crippen molar-refractivity contribution in [3.05, 3.63) is 70.4 Å². The molecule has 0 bridgehead atoms. The Morgan fingerprint density at radius 2 is 2.03 bits per heavy atom. The number of thiazole rings is 1. The van der Waals surface area contributed by atoms with Crippen molar-refractivity contribution >= 4 is 29.0 Å². The summed E-state index contributed by atoms with van der Waals surface area (Å²) in [4.78, 5) is 20.8. The van der Waals surface area contributed by atoms with Gasteiger partial charge in [0.1, 0.15) is 10.7 Å². The summed E-state index contributed by atoms with van der Waals surface area (Å²) in [6.07, 6.45) is -0.432. The van der Waals surface area contributed by atoms with E-state index in [9.17, 15) is 18.0 Å². The van der Waals surface area contributed by atoms with Crippen LogP contribution in [0.25, 0.3) is 17.1 Å². The highest BCUT2D eigenvalue weighted by molar-refractivity contribution is 7.98. The molecule has 7 nitrogen and oxygen atoms in total. The lowest BCUT2D eigenvalue weighted by molar-refractivity contribution is -0.137. The number of alkyl halides is 3. The molecule has 0 radical (unpaired) electrons. The maximum Gasteiger partial charge on any atom is 0.416 e. The third kappa shape index (κ3) is 6.30. The minimum Gasteiger partial charge on any atom is -0.351 e. The second-order valence-electron chi connectivity index (χ2n) is 8.28. The fourth-order valence-corrected chi connectivity index (χ4v) is 5.02. The Kier molecular flexibility index (Phi) is 8.04. The first kappa shape index (κ1) is 25.8. The molecule has 0 saturated heterocycles. The van der Waals surface area contributed by atoms with Crippen molar-refractivity contribution in [3.63, 3.8) is 0 Å². The van der Waals surface area contributed by atoms with E-state index < -0.39 is 11.7 Å². The molecular weight excluding hydrogens is 509 g/mol. The van der Waals surface area contributed by atoms with E-state index in [1.165, 1.54) is 29.2 Å². The number of pyridine rings is 1. The topological polar surface area (TPSA) is 85.6 Å². The summed E-state index contributed by atoms with van der Waals surface area (Å²) in [5, 5.41) is 14.1. The van der Waals surface area contributed by atoms with Gasteiger partial charge < -0.3 is 5.32 Å². The molecular formula is C24H23F3N6OS2. The Morgan fingerprint density at radius 1 is 1.19 bits per heavy atom. The quantitative estimate of drug-likeness (QED) is 0.271. The molecule has 188 valence electrons. The molecule has 3 heterocycles. The first-order valence-electron chi connectivity index (χ1n) is 11.1. The fraction of sp³-hybridized carbons (Fsp3) is 0.292. The standard InChI is InChI=1S/C24H23F3N6OS2/c1-15(2)8-10-29-22(34)19-13-35-20(30-19)14-36-23-32-31-21(16-5-4-9-28-12-16)33(23)18-7-3-6-17(11-18)24(25,26)27/h3-7,9,11-13,15H,8,10,14H2,1-2H3,(H,29,34). The highest BCUT2D eigenvalue weighted by atomic mass is 32.2. The van der Waals surface area contributed by atoms with Crippen LogP contribution in [0.1, 0.15) is 41.3 Å². The highest BCUT2D eigenvalue weighted by Crippen LogP contribution is 2.34. The van der Waals surface area contributed by atoms with Crippen LogP contribution in [0.15, 0.2) is 59.3 Å². The summed E-state index contributed by atoms with van der Waals surface area (Å²) < 4.78 is 41.8. The molecule has 0 aliphatic carbocycles. The van der Waals surface area contributed by atoms with E-state index in [1.54, 1.807) is 40.5 Å². The average molecular weight is 533 g/mol. The van der Waals surface area contributed by atoms with Gasteiger partial charge >= 0.3 is 6.18 Å². The minimum absolute atomic E-state index is 0.228. The van der Waals surface area contributed by atoms with Gasteiger partial charge in [-0.1, -0.05) is 31.7 Å². The van der Waals surface area contributed by atoms with Gasteiger partial charge in [-0.3, -0.25) is 14.3 Å². The van der Waals surface area contributed by atoms with Crippen LogP contribution in [-0.4, -0.2) is 37.2 Å². The van der Waals surface area contributed by atoms with Gasteiger partial charge in [-0.05, 0) is 42.7 Å². The number of nitrogens with zero attached hydrogens (tertiary/aromatic N) is 5. The number of carbonyl (C=O) groups excluding carboxylic acids is 1. The SMILES string of the molecule is CC(C)CCNC(=O)c1csc(CSc2nnc(-c3cccnc3)n2-c2cccc(C(F)(F)F)c2)n1. The molecule has 4 rings (SSSR count). The summed E-state index contributed by atoms with van der Waals surface area (Å²) in [7, 11) is 0. The Hall–Kier alpha value is -3.25. The maximum atomic E-state index is 13.4. The molecule has 1 amide bonds. The van der Waals surface area contributed by atoms with Crippen molar-refractivity contribution in [2.45, 2.75) is 37.4 Å². The van der Waals surface area contributed by atoms with E-state index in [0.29, 0.717) is 45.5 Å². The van der Waals surface area contributed by atoms with Crippen molar-refractivity contribution in [2.24, 2.45) is 5.92 Å². The lowest BCUT2D eigenvalue weighted by Crippen LogP contribution is -2.25. The number of carbonyl (C=O) groups is 1. The van der Waals surface area contributed by atoms with E-state index >= 15 is 0 Å². The van der Waals surface area contributed by atoms with Crippen LogP contribution in [0.3, 0.4) is 0 Å². The van der Waals surface area contributed by atoms with Gasteiger partial charge in [0.25, 0.3) is 5.91 Å². The number of thioether (sulfide) groups is 1. The molecule has 0 aliphatic heterocycles. The Bertz CT molecular complexity index is 1320. The zero-order chi connectivity index (χ0) is 25.7. The molecule has 0 fully saturated rings. The summed E-state index contributed by atoms with van der Waals surface area (Å²) in [5.41, 5.74) is 0.467. The van der Waals surface area contributed by atoms with E-state index in [-0.39, 0.29) is 11.6 Å². The second kappa shape index (κ2) is 11.2. The first-order chi connectivity index (χ1) is 17.2. The number of rotatable bonds is 9. The van der Waals surface area contributed by atoms with Gasteiger partial charge in [-0.15, -0.1) is 21.5 Å². The fourth-order valence-electron chi connectivity index (χ4n) is 3.27. The summed E-state index contributed by atoms with van der Waals surface area (Å²) in [6, 6.07) is 8.50. The van der Waals surface area contributed by atoms with Crippen LogP contribution in [0.2, 0.25) is 0 Å². The molecule has 0 atom stereocenters. The normalized spacial score (nSPS) is 11.7. The summed E-state index contributed by atoms with van der Waals surface area (Å²) in [5.74, 6) is 0.996. The van der Waals surface area contributed by atoms with Gasteiger partial charge in [0.2, 0.25) is 0 Å². The molecule has 1 N–H and O–H groups in total. The maximum absolute atomic E-state index is 13.4.